The second kappa shape index (κ2) is 4.90. The molecule has 1 aromatic carbocycles. The van der Waals surface area contributed by atoms with Crippen molar-refractivity contribution in [3.05, 3.63) is 34.2 Å². The average molecular weight is 299 g/mol. The standard InChI is InChI=1S/C13H15ClN2O2S/c14-11-1-2-13-12(7-11)10(9-19(13,17)18)8-16-5-3-15-4-6-16/h1-2,7,9,15H,3-6,8H2. The minimum atomic E-state index is -3.29. The summed E-state index contributed by atoms with van der Waals surface area (Å²) < 4.78 is 24.1. The van der Waals surface area contributed by atoms with Gasteiger partial charge in [-0.1, -0.05) is 11.6 Å². The second-order valence-electron chi connectivity index (χ2n) is 4.85. The molecule has 102 valence electrons. The number of piperazine rings is 1. The van der Waals surface area contributed by atoms with Crippen molar-refractivity contribution in [2.75, 3.05) is 32.7 Å². The summed E-state index contributed by atoms with van der Waals surface area (Å²) in [5.41, 5.74) is 1.60. The Bertz CT molecular complexity index is 634. The third-order valence-corrected chi connectivity index (χ3v) is 5.29. The Morgan fingerprint density at radius 2 is 2.00 bits per heavy atom. The summed E-state index contributed by atoms with van der Waals surface area (Å²) in [5.74, 6) is 0. The van der Waals surface area contributed by atoms with Crippen molar-refractivity contribution in [1.82, 2.24) is 10.2 Å². The zero-order valence-corrected chi connectivity index (χ0v) is 12.0. The molecule has 1 fully saturated rings. The minimum Gasteiger partial charge on any atom is -0.314 e. The summed E-state index contributed by atoms with van der Waals surface area (Å²) in [6.07, 6.45) is 0. The van der Waals surface area contributed by atoms with Crippen LogP contribution in [0.2, 0.25) is 5.02 Å². The summed E-state index contributed by atoms with van der Waals surface area (Å²) in [6.45, 7) is 4.43. The van der Waals surface area contributed by atoms with Crippen LogP contribution in [-0.4, -0.2) is 46.0 Å². The number of hydrogen-bond acceptors (Lipinski definition) is 4. The van der Waals surface area contributed by atoms with Crippen LogP contribution in [-0.2, 0) is 9.84 Å². The molecule has 3 rings (SSSR count). The average Bonchev–Trinajstić information content (AvgIpc) is 2.62. The van der Waals surface area contributed by atoms with Crippen molar-refractivity contribution in [1.29, 1.82) is 0 Å². The molecule has 0 bridgehead atoms. The highest BCUT2D eigenvalue weighted by atomic mass is 35.5. The van der Waals surface area contributed by atoms with Crippen LogP contribution in [0.3, 0.4) is 0 Å². The fourth-order valence-corrected chi connectivity index (χ4v) is 4.18. The monoisotopic (exact) mass is 298 g/mol. The van der Waals surface area contributed by atoms with Crippen LogP contribution >= 0.6 is 11.6 Å². The maximum absolute atomic E-state index is 12.1. The highest BCUT2D eigenvalue weighted by Gasteiger charge is 2.28. The van der Waals surface area contributed by atoms with Gasteiger partial charge in [0, 0.05) is 48.7 Å². The fraction of sp³-hybridized carbons (Fsp3) is 0.385. The molecule has 19 heavy (non-hydrogen) atoms. The molecule has 2 aliphatic heterocycles. The first-order valence-corrected chi connectivity index (χ1v) is 8.17. The SMILES string of the molecule is O=S1(=O)C=C(CN2CCNCC2)c2cc(Cl)ccc21. The molecule has 4 nitrogen and oxygen atoms in total. The van der Waals surface area contributed by atoms with Crippen LogP contribution in [0.25, 0.3) is 5.57 Å². The van der Waals surface area contributed by atoms with E-state index < -0.39 is 9.84 Å². The summed E-state index contributed by atoms with van der Waals surface area (Å²) in [6, 6.07) is 4.96. The maximum Gasteiger partial charge on any atom is 0.200 e. The van der Waals surface area contributed by atoms with Gasteiger partial charge in [0.2, 0.25) is 9.84 Å². The van der Waals surface area contributed by atoms with Crippen LogP contribution in [0.5, 0.6) is 0 Å². The molecule has 2 heterocycles. The van der Waals surface area contributed by atoms with Gasteiger partial charge in [-0.05, 0) is 23.8 Å². The van der Waals surface area contributed by atoms with Gasteiger partial charge in [-0.15, -0.1) is 0 Å². The van der Waals surface area contributed by atoms with Crippen molar-refractivity contribution < 1.29 is 8.42 Å². The smallest absolute Gasteiger partial charge is 0.200 e. The molecular formula is C13H15ClN2O2S. The van der Waals surface area contributed by atoms with E-state index in [1.165, 1.54) is 5.41 Å². The van der Waals surface area contributed by atoms with E-state index in [1.54, 1.807) is 18.2 Å². The zero-order chi connectivity index (χ0) is 13.5. The molecule has 0 amide bonds. The Kier molecular flexibility index (Phi) is 3.39. The van der Waals surface area contributed by atoms with E-state index in [0.717, 1.165) is 37.3 Å². The molecule has 0 aliphatic carbocycles. The van der Waals surface area contributed by atoms with Gasteiger partial charge in [0.15, 0.2) is 0 Å². The summed E-state index contributed by atoms with van der Waals surface area (Å²) in [5, 5.41) is 5.24. The molecule has 0 atom stereocenters. The van der Waals surface area contributed by atoms with Gasteiger partial charge in [-0.2, -0.15) is 0 Å². The zero-order valence-electron chi connectivity index (χ0n) is 10.4. The van der Waals surface area contributed by atoms with Crippen LogP contribution in [0.15, 0.2) is 28.5 Å². The van der Waals surface area contributed by atoms with E-state index in [4.69, 9.17) is 11.6 Å². The van der Waals surface area contributed by atoms with E-state index >= 15 is 0 Å². The lowest BCUT2D eigenvalue weighted by molar-refractivity contribution is 0.268. The highest BCUT2D eigenvalue weighted by Crippen LogP contribution is 2.35. The fourth-order valence-electron chi connectivity index (χ4n) is 2.55. The van der Waals surface area contributed by atoms with Gasteiger partial charge >= 0.3 is 0 Å². The predicted molar refractivity (Wildman–Crippen MR) is 75.9 cm³/mol. The largest absolute Gasteiger partial charge is 0.314 e. The molecule has 1 saturated heterocycles. The summed E-state index contributed by atoms with van der Waals surface area (Å²) in [7, 11) is -3.29. The Labute approximate surface area is 118 Å². The molecule has 1 aromatic rings. The van der Waals surface area contributed by atoms with Gasteiger partial charge in [0.1, 0.15) is 0 Å². The number of fused-ring (bicyclic) bond motifs is 1. The lowest BCUT2D eigenvalue weighted by Gasteiger charge is -2.27. The molecule has 0 saturated carbocycles. The van der Waals surface area contributed by atoms with Crippen LogP contribution in [0.4, 0.5) is 0 Å². The van der Waals surface area contributed by atoms with Gasteiger partial charge in [0.05, 0.1) is 4.90 Å². The first-order chi connectivity index (χ1) is 9.06. The normalized spacial score (nSPS) is 22.1. The first-order valence-electron chi connectivity index (χ1n) is 6.25. The van der Waals surface area contributed by atoms with Crippen molar-refractivity contribution >= 4 is 27.0 Å². The summed E-state index contributed by atoms with van der Waals surface area (Å²) >= 11 is 5.98. The Hall–Kier alpha value is -0.880. The number of rotatable bonds is 2. The van der Waals surface area contributed by atoms with Gasteiger partial charge < -0.3 is 5.32 Å². The third-order valence-electron chi connectivity index (χ3n) is 3.50. The molecule has 0 unspecified atom stereocenters. The molecule has 6 heteroatoms. The van der Waals surface area contributed by atoms with E-state index in [-0.39, 0.29) is 0 Å². The van der Waals surface area contributed by atoms with E-state index in [9.17, 15) is 8.42 Å². The van der Waals surface area contributed by atoms with Gasteiger partial charge in [-0.25, -0.2) is 8.42 Å². The van der Waals surface area contributed by atoms with Crippen LogP contribution < -0.4 is 5.32 Å². The van der Waals surface area contributed by atoms with Gasteiger partial charge in [0.25, 0.3) is 0 Å². The number of nitrogens with zero attached hydrogens (tertiary/aromatic N) is 1. The lowest BCUT2D eigenvalue weighted by atomic mass is 10.1. The Morgan fingerprint density at radius 3 is 2.74 bits per heavy atom. The molecule has 0 aromatic heterocycles. The summed E-state index contributed by atoms with van der Waals surface area (Å²) in [4.78, 5) is 2.63. The first kappa shape index (κ1) is 13.1. The minimum absolute atomic E-state index is 0.377. The Morgan fingerprint density at radius 1 is 1.26 bits per heavy atom. The van der Waals surface area contributed by atoms with Crippen molar-refractivity contribution in [2.45, 2.75) is 4.90 Å². The molecule has 2 aliphatic rings. The number of halogens is 1. The lowest BCUT2D eigenvalue weighted by Crippen LogP contribution is -2.43. The molecule has 1 N–H and O–H groups in total. The number of sulfone groups is 1. The van der Waals surface area contributed by atoms with Crippen molar-refractivity contribution in [3.8, 4) is 0 Å². The molecule has 0 radical (unpaired) electrons. The number of benzene rings is 1. The van der Waals surface area contributed by atoms with Crippen LogP contribution in [0.1, 0.15) is 5.56 Å². The van der Waals surface area contributed by atoms with E-state index in [2.05, 4.69) is 10.2 Å². The van der Waals surface area contributed by atoms with Crippen LogP contribution in [0, 0.1) is 0 Å². The highest BCUT2D eigenvalue weighted by molar-refractivity contribution is 7.95. The second-order valence-corrected chi connectivity index (χ2v) is 7.06. The van der Waals surface area contributed by atoms with E-state index in [0.29, 0.717) is 16.5 Å². The number of nitrogens with one attached hydrogen (secondary N) is 1. The van der Waals surface area contributed by atoms with Gasteiger partial charge in [-0.3, -0.25) is 4.90 Å². The number of hydrogen-bond donors (Lipinski definition) is 1. The third kappa shape index (κ3) is 2.56. The Balaban J connectivity index is 1.93. The molecule has 0 spiro atoms. The predicted octanol–water partition coefficient (Wildman–Crippen LogP) is 1.37. The van der Waals surface area contributed by atoms with Crippen molar-refractivity contribution in [2.24, 2.45) is 0 Å². The quantitative estimate of drug-likeness (QED) is 0.896. The van der Waals surface area contributed by atoms with Crippen molar-refractivity contribution in [3.63, 3.8) is 0 Å². The topological polar surface area (TPSA) is 49.4 Å². The van der Waals surface area contributed by atoms with E-state index in [1.807, 2.05) is 0 Å². The maximum atomic E-state index is 12.1. The molecular weight excluding hydrogens is 284 g/mol.